The van der Waals surface area contributed by atoms with E-state index in [0.717, 1.165) is 12.8 Å². The Morgan fingerprint density at radius 1 is 0.778 bits per heavy atom. The topological polar surface area (TPSA) is 20.2 Å². The van der Waals surface area contributed by atoms with Crippen LogP contribution in [0.2, 0.25) is 0 Å². The van der Waals surface area contributed by atoms with Gasteiger partial charge >= 0.3 is 0 Å². The van der Waals surface area contributed by atoms with E-state index in [2.05, 4.69) is 13.8 Å². The first kappa shape index (κ1) is 14.4. The first-order valence-electron chi connectivity index (χ1n) is 8.20. The predicted molar refractivity (Wildman–Crippen MR) is 77.6 cm³/mol. The summed E-state index contributed by atoms with van der Waals surface area (Å²) in [5, 5.41) is 9.94. The Bertz CT molecular complexity index is 224. The number of aliphatic hydroxyl groups excluding tert-OH is 1. The van der Waals surface area contributed by atoms with Crippen LogP contribution in [0.5, 0.6) is 0 Å². The number of hydrogen-bond acceptors (Lipinski definition) is 1. The Morgan fingerprint density at radius 3 is 1.50 bits per heavy atom. The van der Waals surface area contributed by atoms with Gasteiger partial charge in [-0.1, -0.05) is 39.5 Å². The minimum atomic E-state index is -0.0241. The van der Waals surface area contributed by atoms with E-state index in [4.69, 9.17) is 0 Å². The van der Waals surface area contributed by atoms with Gasteiger partial charge in [0.2, 0.25) is 0 Å². The normalized spacial score (nSPS) is 23.3. The molecule has 0 aromatic carbocycles. The minimum absolute atomic E-state index is 0.0241. The largest absolute Gasteiger partial charge is 0.393 e. The van der Waals surface area contributed by atoms with Crippen molar-refractivity contribution in [3.8, 4) is 0 Å². The van der Waals surface area contributed by atoms with E-state index in [-0.39, 0.29) is 6.10 Å². The lowest BCUT2D eigenvalue weighted by molar-refractivity contribution is 0.146. The molecule has 2 fully saturated rings. The number of hydrogen-bond donors (Lipinski definition) is 1. The van der Waals surface area contributed by atoms with Gasteiger partial charge in [-0.3, -0.25) is 0 Å². The SMILES string of the molecule is CC1(CCCCC(O)CCCCC2(C)CC2)CC1. The molecule has 0 aromatic rings. The molecule has 2 saturated carbocycles. The summed E-state index contributed by atoms with van der Waals surface area (Å²) in [6.45, 7) is 4.81. The molecule has 0 radical (unpaired) electrons. The van der Waals surface area contributed by atoms with Gasteiger partial charge in [-0.15, -0.1) is 0 Å². The summed E-state index contributed by atoms with van der Waals surface area (Å²) in [6, 6.07) is 0. The van der Waals surface area contributed by atoms with Crippen LogP contribution in [0.3, 0.4) is 0 Å². The minimum Gasteiger partial charge on any atom is -0.393 e. The van der Waals surface area contributed by atoms with Gasteiger partial charge in [-0.2, -0.15) is 0 Å². The van der Waals surface area contributed by atoms with Crippen LogP contribution in [0.4, 0.5) is 0 Å². The molecule has 18 heavy (non-hydrogen) atoms. The van der Waals surface area contributed by atoms with Crippen molar-refractivity contribution < 1.29 is 5.11 Å². The zero-order valence-corrected chi connectivity index (χ0v) is 12.5. The van der Waals surface area contributed by atoms with Crippen molar-refractivity contribution in [2.75, 3.05) is 0 Å². The molecule has 2 aliphatic carbocycles. The van der Waals surface area contributed by atoms with Crippen LogP contribution in [-0.2, 0) is 0 Å². The van der Waals surface area contributed by atoms with E-state index in [0.29, 0.717) is 10.8 Å². The van der Waals surface area contributed by atoms with Crippen LogP contribution < -0.4 is 0 Å². The van der Waals surface area contributed by atoms with Crippen molar-refractivity contribution in [2.24, 2.45) is 10.8 Å². The van der Waals surface area contributed by atoms with Crippen LogP contribution in [0, 0.1) is 10.8 Å². The zero-order chi connectivity index (χ0) is 13.1. The fourth-order valence-corrected chi connectivity index (χ4v) is 2.93. The molecule has 0 amide bonds. The molecule has 0 atom stereocenters. The fraction of sp³-hybridized carbons (Fsp3) is 1.00. The van der Waals surface area contributed by atoms with Crippen LogP contribution in [0.25, 0.3) is 0 Å². The molecule has 0 spiro atoms. The average Bonchev–Trinajstić information content (AvgIpc) is 3.22. The molecular weight excluding hydrogens is 220 g/mol. The molecule has 0 saturated heterocycles. The highest BCUT2D eigenvalue weighted by molar-refractivity contribution is 4.88. The zero-order valence-electron chi connectivity index (χ0n) is 12.5. The predicted octanol–water partition coefficient (Wildman–Crippen LogP) is 5.07. The maximum absolute atomic E-state index is 9.94. The van der Waals surface area contributed by atoms with E-state index < -0.39 is 0 Å². The van der Waals surface area contributed by atoms with E-state index in [1.807, 2.05) is 0 Å². The summed E-state index contributed by atoms with van der Waals surface area (Å²) in [5.74, 6) is 0. The molecule has 0 unspecified atom stereocenters. The second-order valence-corrected chi connectivity index (χ2v) is 7.77. The standard InChI is InChI=1S/C17H32O/c1-16(11-12-16)9-5-3-7-15(18)8-4-6-10-17(2)13-14-17/h15,18H,3-14H2,1-2H3. The fourth-order valence-electron chi connectivity index (χ4n) is 2.93. The number of unbranched alkanes of at least 4 members (excludes halogenated alkanes) is 2. The van der Waals surface area contributed by atoms with Crippen molar-refractivity contribution in [3.05, 3.63) is 0 Å². The Labute approximate surface area is 113 Å². The van der Waals surface area contributed by atoms with Gasteiger partial charge in [0, 0.05) is 0 Å². The van der Waals surface area contributed by atoms with Crippen molar-refractivity contribution in [1.29, 1.82) is 0 Å². The van der Waals surface area contributed by atoms with Gasteiger partial charge in [0.25, 0.3) is 0 Å². The second kappa shape index (κ2) is 5.94. The first-order chi connectivity index (χ1) is 8.52. The molecule has 1 heteroatoms. The van der Waals surface area contributed by atoms with Gasteiger partial charge in [0.05, 0.1) is 6.10 Å². The molecule has 0 aliphatic heterocycles. The van der Waals surface area contributed by atoms with E-state index in [9.17, 15) is 5.11 Å². The quantitative estimate of drug-likeness (QED) is 0.538. The third-order valence-corrected chi connectivity index (χ3v) is 5.34. The Hall–Kier alpha value is -0.0400. The Morgan fingerprint density at radius 2 is 1.17 bits per heavy atom. The maximum atomic E-state index is 9.94. The molecule has 0 aromatic heterocycles. The summed E-state index contributed by atoms with van der Waals surface area (Å²) in [5.41, 5.74) is 1.40. The van der Waals surface area contributed by atoms with E-state index >= 15 is 0 Å². The molecule has 0 bridgehead atoms. The highest BCUT2D eigenvalue weighted by Gasteiger charge is 2.36. The molecule has 1 N–H and O–H groups in total. The number of rotatable bonds is 10. The lowest BCUT2D eigenvalue weighted by Gasteiger charge is -2.13. The van der Waals surface area contributed by atoms with Gasteiger partial charge in [-0.25, -0.2) is 0 Å². The van der Waals surface area contributed by atoms with Crippen LogP contribution in [0.1, 0.15) is 90.9 Å². The molecular formula is C17H32O. The third-order valence-electron chi connectivity index (χ3n) is 5.34. The summed E-state index contributed by atoms with van der Waals surface area (Å²) in [6.07, 6.45) is 15.7. The summed E-state index contributed by atoms with van der Waals surface area (Å²) in [4.78, 5) is 0. The van der Waals surface area contributed by atoms with Crippen molar-refractivity contribution in [1.82, 2.24) is 0 Å². The Balaban J connectivity index is 1.38. The van der Waals surface area contributed by atoms with E-state index in [1.54, 1.807) is 0 Å². The van der Waals surface area contributed by atoms with Gasteiger partial charge in [0.1, 0.15) is 0 Å². The lowest BCUT2D eigenvalue weighted by Crippen LogP contribution is -2.07. The highest BCUT2D eigenvalue weighted by Crippen LogP contribution is 2.49. The van der Waals surface area contributed by atoms with Crippen molar-refractivity contribution >= 4 is 0 Å². The molecule has 106 valence electrons. The number of aliphatic hydroxyl groups is 1. The van der Waals surface area contributed by atoms with Crippen molar-refractivity contribution in [2.45, 2.75) is 97.0 Å². The van der Waals surface area contributed by atoms with Gasteiger partial charge in [-0.05, 0) is 62.2 Å². The first-order valence-corrected chi connectivity index (χ1v) is 8.20. The third kappa shape index (κ3) is 5.30. The summed E-state index contributed by atoms with van der Waals surface area (Å²) in [7, 11) is 0. The average molecular weight is 252 g/mol. The summed E-state index contributed by atoms with van der Waals surface area (Å²) < 4.78 is 0. The monoisotopic (exact) mass is 252 g/mol. The van der Waals surface area contributed by atoms with Gasteiger partial charge < -0.3 is 5.11 Å². The smallest absolute Gasteiger partial charge is 0.0540 e. The molecule has 2 rings (SSSR count). The summed E-state index contributed by atoms with van der Waals surface area (Å²) >= 11 is 0. The molecule has 0 heterocycles. The van der Waals surface area contributed by atoms with Crippen LogP contribution in [0.15, 0.2) is 0 Å². The Kier molecular flexibility index (Phi) is 4.75. The highest BCUT2D eigenvalue weighted by atomic mass is 16.3. The molecule has 2 aliphatic rings. The molecule has 1 nitrogen and oxygen atoms in total. The van der Waals surface area contributed by atoms with Crippen LogP contribution in [-0.4, -0.2) is 11.2 Å². The van der Waals surface area contributed by atoms with Gasteiger partial charge in [0.15, 0.2) is 0 Å². The maximum Gasteiger partial charge on any atom is 0.0540 e. The second-order valence-electron chi connectivity index (χ2n) is 7.77. The van der Waals surface area contributed by atoms with E-state index in [1.165, 1.54) is 64.2 Å². The van der Waals surface area contributed by atoms with Crippen molar-refractivity contribution in [3.63, 3.8) is 0 Å². The van der Waals surface area contributed by atoms with Crippen LogP contribution >= 0.6 is 0 Å². The lowest BCUT2D eigenvalue weighted by atomic mass is 9.97.